The van der Waals surface area contributed by atoms with Crippen molar-refractivity contribution in [2.45, 2.75) is 13.8 Å². The summed E-state index contributed by atoms with van der Waals surface area (Å²) in [5, 5.41) is -0.573. The number of Topliss-reactive ketones (excluding diaryl/α,β-unsaturated/α-hetero) is 1. The highest BCUT2D eigenvalue weighted by atomic mass is 32.2. The molecule has 0 spiro atoms. The predicted octanol–water partition coefficient (Wildman–Crippen LogP) is 2.05. The van der Waals surface area contributed by atoms with Crippen molar-refractivity contribution < 1.29 is 14.4 Å². The Morgan fingerprint density at radius 1 is 1.21 bits per heavy atom. The summed E-state index contributed by atoms with van der Waals surface area (Å²) < 4.78 is 0. The number of anilines is 1. The van der Waals surface area contributed by atoms with Crippen LogP contribution in [-0.4, -0.2) is 29.2 Å². The molecule has 1 aromatic carbocycles. The summed E-state index contributed by atoms with van der Waals surface area (Å²) >= 11 is 0.779. The number of hydrogen-bond donors (Lipinski definition) is 1. The lowest BCUT2D eigenvalue weighted by atomic mass is 10.1. The van der Waals surface area contributed by atoms with E-state index in [1.807, 2.05) is 6.92 Å². The van der Waals surface area contributed by atoms with Crippen LogP contribution in [0.25, 0.3) is 0 Å². The van der Waals surface area contributed by atoms with Crippen molar-refractivity contribution in [2.24, 2.45) is 5.73 Å². The summed E-state index contributed by atoms with van der Waals surface area (Å²) in [6.07, 6.45) is 0. The van der Waals surface area contributed by atoms with Crippen LogP contribution in [-0.2, 0) is 4.79 Å². The van der Waals surface area contributed by atoms with Crippen LogP contribution in [0.5, 0.6) is 0 Å². The number of hydrogen-bond acceptors (Lipinski definition) is 4. The van der Waals surface area contributed by atoms with E-state index in [0.29, 0.717) is 17.8 Å². The van der Waals surface area contributed by atoms with Gasteiger partial charge in [0.1, 0.15) is 0 Å². The Bertz CT molecular complexity index is 485. The highest BCUT2D eigenvalue weighted by Gasteiger charge is 2.15. The highest BCUT2D eigenvalue weighted by Crippen LogP contribution is 2.17. The maximum atomic E-state index is 11.9. The Morgan fingerprint density at radius 3 is 2.21 bits per heavy atom. The zero-order valence-electron chi connectivity index (χ0n) is 10.9. The number of thioether (sulfide) groups is 1. The molecule has 1 rings (SSSR count). The van der Waals surface area contributed by atoms with Gasteiger partial charge in [0.05, 0.1) is 5.75 Å². The quantitative estimate of drug-likeness (QED) is 0.837. The van der Waals surface area contributed by atoms with Gasteiger partial charge in [-0.3, -0.25) is 14.4 Å². The number of benzene rings is 1. The topological polar surface area (TPSA) is 80.5 Å². The molecule has 0 bridgehead atoms. The van der Waals surface area contributed by atoms with Gasteiger partial charge in [0.2, 0.25) is 5.91 Å². The van der Waals surface area contributed by atoms with Gasteiger partial charge in [-0.1, -0.05) is 11.8 Å². The van der Waals surface area contributed by atoms with Gasteiger partial charge in [0.25, 0.3) is 5.24 Å². The molecular formula is C13H16N2O3S. The van der Waals surface area contributed by atoms with Gasteiger partial charge in [-0.25, -0.2) is 0 Å². The summed E-state index contributed by atoms with van der Waals surface area (Å²) in [7, 11) is 0. The minimum Gasteiger partial charge on any atom is -0.361 e. The van der Waals surface area contributed by atoms with E-state index in [0.717, 1.165) is 11.8 Å². The first kappa shape index (κ1) is 15.2. The Hall–Kier alpha value is -1.82. The SMILES string of the molecule is CCN(C(=O)CSC(N)=O)c1ccc(C(C)=O)cc1. The molecule has 102 valence electrons. The Labute approximate surface area is 116 Å². The third-order valence-electron chi connectivity index (χ3n) is 2.54. The van der Waals surface area contributed by atoms with Crippen molar-refractivity contribution in [1.29, 1.82) is 0 Å². The summed E-state index contributed by atoms with van der Waals surface area (Å²) in [5.41, 5.74) is 6.28. The van der Waals surface area contributed by atoms with E-state index >= 15 is 0 Å². The van der Waals surface area contributed by atoms with Crippen LogP contribution >= 0.6 is 11.8 Å². The first-order valence-electron chi connectivity index (χ1n) is 5.79. The molecule has 0 aliphatic rings. The monoisotopic (exact) mass is 280 g/mol. The van der Waals surface area contributed by atoms with Gasteiger partial charge in [-0.15, -0.1) is 0 Å². The molecule has 0 radical (unpaired) electrons. The smallest absolute Gasteiger partial charge is 0.276 e. The van der Waals surface area contributed by atoms with Crippen LogP contribution in [0, 0.1) is 0 Å². The normalized spacial score (nSPS) is 10.0. The average Bonchev–Trinajstić information content (AvgIpc) is 2.37. The lowest BCUT2D eigenvalue weighted by molar-refractivity contribution is -0.116. The minimum absolute atomic E-state index is 0.0115. The number of nitrogens with zero attached hydrogens (tertiary/aromatic N) is 1. The molecular weight excluding hydrogens is 264 g/mol. The second-order valence-corrected chi connectivity index (χ2v) is 4.83. The first-order chi connectivity index (χ1) is 8.95. The number of nitrogens with two attached hydrogens (primary N) is 1. The molecule has 0 aromatic heterocycles. The van der Waals surface area contributed by atoms with E-state index in [1.165, 1.54) is 6.92 Å². The third kappa shape index (κ3) is 4.40. The zero-order valence-corrected chi connectivity index (χ0v) is 11.7. The second kappa shape index (κ2) is 6.94. The summed E-state index contributed by atoms with van der Waals surface area (Å²) in [5.74, 6) is -0.204. The van der Waals surface area contributed by atoms with Crippen LogP contribution in [0.1, 0.15) is 24.2 Å². The molecule has 5 nitrogen and oxygen atoms in total. The predicted molar refractivity (Wildman–Crippen MR) is 76.5 cm³/mol. The van der Waals surface area contributed by atoms with Crippen molar-refractivity contribution in [2.75, 3.05) is 17.2 Å². The van der Waals surface area contributed by atoms with E-state index in [4.69, 9.17) is 5.73 Å². The summed E-state index contributed by atoms with van der Waals surface area (Å²) in [4.78, 5) is 35.3. The van der Waals surface area contributed by atoms with Gasteiger partial charge in [0, 0.05) is 17.8 Å². The number of primary amides is 1. The Morgan fingerprint density at radius 2 is 1.79 bits per heavy atom. The zero-order chi connectivity index (χ0) is 14.4. The standard InChI is InChI=1S/C13H16N2O3S/c1-3-15(12(17)8-19-13(14)18)11-6-4-10(5-7-11)9(2)16/h4-7H,3,8H2,1-2H3,(H2,14,18). The van der Waals surface area contributed by atoms with E-state index in [2.05, 4.69) is 0 Å². The van der Waals surface area contributed by atoms with Crippen LogP contribution < -0.4 is 10.6 Å². The molecule has 0 aliphatic heterocycles. The molecule has 0 fully saturated rings. The van der Waals surface area contributed by atoms with E-state index in [1.54, 1.807) is 29.2 Å². The van der Waals surface area contributed by atoms with Crippen molar-refractivity contribution in [1.82, 2.24) is 0 Å². The van der Waals surface area contributed by atoms with Crippen molar-refractivity contribution in [3.63, 3.8) is 0 Å². The maximum Gasteiger partial charge on any atom is 0.276 e. The van der Waals surface area contributed by atoms with Gasteiger partial charge in [-0.05, 0) is 38.1 Å². The van der Waals surface area contributed by atoms with E-state index in [9.17, 15) is 14.4 Å². The molecule has 2 N–H and O–H groups in total. The first-order valence-corrected chi connectivity index (χ1v) is 6.77. The molecule has 0 atom stereocenters. The lowest BCUT2D eigenvalue weighted by Crippen LogP contribution is -2.32. The molecule has 0 saturated heterocycles. The van der Waals surface area contributed by atoms with Crippen LogP contribution in [0.3, 0.4) is 0 Å². The van der Waals surface area contributed by atoms with Crippen molar-refractivity contribution >= 4 is 34.4 Å². The summed E-state index contributed by atoms with van der Waals surface area (Å²) in [6, 6.07) is 6.78. The Balaban J connectivity index is 2.81. The fraction of sp³-hybridized carbons (Fsp3) is 0.308. The fourth-order valence-electron chi connectivity index (χ4n) is 1.59. The largest absolute Gasteiger partial charge is 0.361 e. The van der Waals surface area contributed by atoms with Gasteiger partial charge >= 0.3 is 0 Å². The summed E-state index contributed by atoms with van der Waals surface area (Å²) in [6.45, 7) is 3.81. The van der Waals surface area contributed by atoms with Crippen molar-refractivity contribution in [3.05, 3.63) is 29.8 Å². The minimum atomic E-state index is -0.573. The third-order valence-corrected chi connectivity index (χ3v) is 3.22. The van der Waals surface area contributed by atoms with E-state index in [-0.39, 0.29) is 17.4 Å². The number of rotatable bonds is 5. The molecule has 0 aliphatic carbocycles. The second-order valence-electron chi connectivity index (χ2n) is 3.85. The van der Waals surface area contributed by atoms with Gasteiger partial charge in [-0.2, -0.15) is 0 Å². The number of carbonyl (C=O) groups excluding carboxylic acids is 3. The Kier molecular flexibility index (Phi) is 5.57. The lowest BCUT2D eigenvalue weighted by Gasteiger charge is -2.20. The fourth-order valence-corrected chi connectivity index (χ4v) is 2.01. The van der Waals surface area contributed by atoms with Crippen LogP contribution in [0.4, 0.5) is 10.5 Å². The molecule has 0 unspecified atom stereocenters. The van der Waals surface area contributed by atoms with Gasteiger partial charge < -0.3 is 10.6 Å². The number of ketones is 1. The average molecular weight is 280 g/mol. The molecule has 6 heteroatoms. The molecule has 0 heterocycles. The maximum absolute atomic E-state index is 11.9. The van der Waals surface area contributed by atoms with E-state index < -0.39 is 5.24 Å². The molecule has 19 heavy (non-hydrogen) atoms. The van der Waals surface area contributed by atoms with Crippen LogP contribution in [0.15, 0.2) is 24.3 Å². The molecule has 2 amide bonds. The number of carbonyl (C=O) groups is 3. The molecule has 0 saturated carbocycles. The number of amides is 2. The van der Waals surface area contributed by atoms with Crippen molar-refractivity contribution in [3.8, 4) is 0 Å². The molecule has 1 aromatic rings. The highest BCUT2D eigenvalue weighted by molar-refractivity contribution is 8.14. The van der Waals surface area contributed by atoms with Crippen LogP contribution in [0.2, 0.25) is 0 Å². The van der Waals surface area contributed by atoms with Gasteiger partial charge in [0.15, 0.2) is 5.78 Å².